The SMILES string of the molecule is CC(C)C(C=O)NCCCCC(Cc1ccccc1)C(Cc1ccccc1)(NC(=O)O)NC(C(=O)NC(=O)O)C(C)C. The summed E-state index contributed by atoms with van der Waals surface area (Å²) in [6.07, 6.45) is 0.979. The van der Waals surface area contributed by atoms with Crippen molar-refractivity contribution in [2.75, 3.05) is 6.54 Å². The molecule has 10 heteroatoms. The standard InChI is InChI=1S/C32H46N4O6/c1-22(2)27(21-37)33-18-12-11-17-26(19-24-13-7-5-8-14-24)32(36-31(41)42,20-25-15-9-6-10-16-25)35-28(23(3)4)29(38)34-30(39)40/h5-10,13-16,21-23,26-28,33,35-36H,11-12,17-20H2,1-4H3,(H,34,38)(H,39,40)(H,41,42). The van der Waals surface area contributed by atoms with Crippen LogP contribution >= 0.6 is 0 Å². The minimum Gasteiger partial charge on any atom is -0.465 e. The molecule has 2 rings (SSSR count). The summed E-state index contributed by atoms with van der Waals surface area (Å²) in [5.74, 6) is -1.27. The van der Waals surface area contributed by atoms with Gasteiger partial charge in [0.05, 0.1) is 12.1 Å². The van der Waals surface area contributed by atoms with Gasteiger partial charge < -0.3 is 25.6 Å². The maximum Gasteiger partial charge on any atom is 0.411 e. The van der Waals surface area contributed by atoms with E-state index in [-0.39, 0.29) is 30.2 Å². The Hall–Kier alpha value is -3.76. The number of unbranched alkanes of at least 4 members (excludes halogenated alkanes) is 1. The molecule has 0 aliphatic carbocycles. The maximum atomic E-state index is 13.1. The van der Waals surface area contributed by atoms with E-state index in [0.29, 0.717) is 19.4 Å². The summed E-state index contributed by atoms with van der Waals surface area (Å²) in [7, 11) is 0. The molecule has 42 heavy (non-hydrogen) atoms. The fraction of sp³-hybridized carbons (Fsp3) is 0.500. The van der Waals surface area contributed by atoms with Crippen LogP contribution in [0, 0.1) is 17.8 Å². The van der Waals surface area contributed by atoms with Crippen molar-refractivity contribution >= 4 is 24.4 Å². The Labute approximate surface area is 248 Å². The van der Waals surface area contributed by atoms with Crippen molar-refractivity contribution in [2.24, 2.45) is 17.8 Å². The average molecular weight is 583 g/mol. The van der Waals surface area contributed by atoms with Gasteiger partial charge >= 0.3 is 12.2 Å². The zero-order valence-electron chi connectivity index (χ0n) is 25.0. The van der Waals surface area contributed by atoms with E-state index in [2.05, 4.69) is 16.0 Å². The number of aldehydes is 1. The largest absolute Gasteiger partial charge is 0.465 e. The number of imide groups is 1. The van der Waals surface area contributed by atoms with Crippen molar-refractivity contribution in [3.63, 3.8) is 0 Å². The zero-order chi connectivity index (χ0) is 31.1. The molecule has 0 aliphatic heterocycles. The van der Waals surface area contributed by atoms with Gasteiger partial charge in [0.15, 0.2) is 0 Å². The van der Waals surface area contributed by atoms with Crippen molar-refractivity contribution < 1.29 is 29.4 Å². The van der Waals surface area contributed by atoms with Gasteiger partial charge in [0.1, 0.15) is 11.9 Å². The minimum absolute atomic E-state index is 0.167. The lowest BCUT2D eigenvalue weighted by molar-refractivity contribution is -0.124. The molecule has 10 nitrogen and oxygen atoms in total. The van der Waals surface area contributed by atoms with Crippen LogP contribution in [0.4, 0.5) is 9.59 Å². The van der Waals surface area contributed by atoms with E-state index in [1.54, 1.807) is 13.8 Å². The number of amides is 3. The molecule has 6 N–H and O–H groups in total. The van der Waals surface area contributed by atoms with Crippen molar-refractivity contribution in [1.82, 2.24) is 21.3 Å². The Kier molecular flexibility index (Phi) is 14.1. The summed E-state index contributed by atoms with van der Waals surface area (Å²) < 4.78 is 0. The second-order valence-electron chi connectivity index (χ2n) is 11.5. The summed E-state index contributed by atoms with van der Waals surface area (Å²) >= 11 is 0. The number of nitrogens with one attached hydrogen (secondary N) is 4. The minimum atomic E-state index is -1.48. The predicted octanol–water partition coefficient (Wildman–Crippen LogP) is 4.44. The second kappa shape index (κ2) is 17.3. The third kappa shape index (κ3) is 11.3. The van der Waals surface area contributed by atoms with E-state index in [1.165, 1.54) is 0 Å². The molecule has 4 unspecified atom stereocenters. The van der Waals surface area contributed by atoms with Crippen molar-refractivity contribution in [2.45, 2.75) is 77.5 Å². The molecule has 0 aromatic heterocycles. The lowest BCUT2D eigenvalue weighted by atomic mass is 9.78. The molecule has 0 saturated carbocycles. The molecule has 0 aliphatic rings. The third-order valence-electron chi connectivity index (χ3n) is 7.49. The molecule has 4 atom stereocenters. The highest BCUT2D eigenvalue weighted by Gasteiger charge is 2.44. The average Bonchev–Trinajstić information content (AvgIpc) is 2.92. The highest BCUT2D eigenvalue weighted by atomic mass is 16.4. The third-order valence-corrected chi connectivity index (χ3v) is 7.49. The summed E-state index contributed by atoms with van der Waals surface area (Å²) in [5, 5.41) is 30.7. The van der Waals surface area contributed by atoms with Crippen molar-refractivity contribution in [3.05, 3.63) is 71.8 Å². The van der Waals surface area contributed by atoms with Gasteiger partial charge in [0.25, 0.3) is 0 Å². The van der Waals surface area contributed by atoms with Crippen molar-refractivity contribution in [1.29, 1.82) is 0 Å². The smallest absolute Gasteiger partial charge is 0.411 e. The number of hydrogen-bond acceptors (Lipinski definition) is 6. The number of carbonyl (C=O) groups is 4. The lowest BCUT2D eigenvalue weighted by Crippen LogP contribution is -2.70. The highest BCUT2D eigenvalue weighted by Crippen LogP contribution is 2.30. The van der Waals surface area contributed by atoms with E-state index < -0.39 is 29.8 Å². The van der Waals surface area contributed by atoms with E-state index in [4.69, 9.17) is 0 Å². The Bertz CT molecular complexity index is 1130. The number of rotatable bonds is 18. The molecule has 2 aromatic rings. The molecule has 230 valence electrons. The fourth-order valence-corrected chi connectivity index (χ4v) is 5.25. The van der Waals surface area contributed by atoms with Crippen LogP contribution in [0.5, 0.6) is 0 Å². The first-order chi connectivity index (χ1) is 20.0. The van der Waals surface area contributed by atoms with Gasteiger partial charge in [0, 0.05) is 6.42 Å². The Morgan fingerprint density at radius 3 is 1.93 bits per heavy atom. The van der Waals surface area contributed by atoms with Gasteiger partial charge in [-0.1, -0.05) is 94.8 Å². The summed E-state index contributed by atoms with van der Waals surface area (Å²) in [6.45, 7) is 8.15. The van der Waals surface area contributed by atoms with Crippen LogP contribution in [0.1, 0.15) is 58.1 Å². The van der Waals surface area contributed by atoms with Crippen LogP contribution in [-0.4, -0.2) is 58.9 Å². The number of carboxylic acid groups (broad SMARTS) is 2. The topological polar surface area (TPSA) is 157 Å². The predicted molar refractivity (Wildman–Crippen MR) is 162 cm³/mol. The van der Waals surface area contributed by atoms with Gasteiger partial charge in [-0.15, -0.1) is 0 Å². The van der Waals surface area contributed by atoms with Crippen LogP contribution < -0.4 is 21.3 Å². The molecule has 0 fully saturated rings. The van der Waals surface area contributed by atoms with Gasteiger partial charge in [-0.25, -0.2) is 9.59 Å². The molecule has 2 aromatic carbocycles. The fourth-order valence-electron chi connectivity index (χ4n) is 5.25. The zero-order valence-corrected chi connectivity index (χ0v) is 25.0. The number of carbonyl (C=O) groups excluding carboxylic acids is 2. The van der Waals surface area contributed by atoms with Crippen LogP contribution in [0.25, 0.3) is 0 Å². The monoisotopic (exact) mass is 582 g/mol. The molecule has 0 spiro atoms. The Morgan fingerprint density at radius 2 is 1.43 bits per heavy atom. The first-order valence-corrected chi connectivity index (χ1v) is 14.6. The summed E-state index contributed by atoms with van der Waals surface area (Å²) in [4.78, 5) is 48.3. The van der Waals surface area contributed by atoms with Crippen LogP contribution in [0.3, 0.4) is 0 Å². The number of benzene rings is 2. The highest BCUT2D eigenvalue weighted by molar-refractivity contribution is 5.94. The van der Waals surface area contributed by atoms with Gasteiger partial charge in [-0.05, 0) is 54.7 Å². The molecule has 0 saturated heterocycles. The Balaban J connectivity index is 2.53. The molecule has 0 radical (unpaired) electrons. The van der Waals surface area contributed by atoms with Crippen LogP contribution in [-0.2, 0) is 22.4 Å². The second-order valence-corrected chi connectivity index (χ2v) is 11.5. The normalized spacial score (nSPS) is 14.9. The molecule has 0 bridgehead atoms. The molecular weight excluding hydrogens is 536 g/mol. The van der Waals surface area contributed by atoms with Crippen molar-refractivity contribution in [3.8, 4) is 0 Å². The Morgan fingerprint density at radius 1 is 0.833 bits per heavy atom. The quantitative estimate of drug-likeness (QED) is 0.0856. The first kappa shape index (κ1) is 34.4. The first-order valence-electron chi connectivity index (χ1n) is 14.6. The maximum absolute atomic E-state index is 13.1. The lowest BCUT2D eigenvalue weighted by Gasteiger charge is -2.45. The van der Waals surface area contributed by atoms with E-state index in [0.717, 1.165) is 30.3 Å². The summed E-state index contributed by atoms with van der Waals surface area (Å²) in [5.41, 5.74) is 0.527. The summed E-state index contributed by atoms with van der Waals surface area (Å²) in [6, 6.07) is 17.9. The van der Waals surface area contributed by atoms with E-state index in [1.807, 2.05) is 79.8 Å². The molecule has 0 heterocycles. The van der Waals surface area contributed by atoms with Gasteiger partial charge in [-0.2, -0.15) is 0 Å². The molecule has 3 amide bonds. The van der Waals surface area contributed by atoms with Crippen LogP contribution in [0.15, 0.2) is 60.7 Å². The van der Waals surface area contributed by atoms with E-state index >= 15 is 0 Å². The van der Waals surface area contributed by atoms with E-state index in [9.17, 15) is 29.4 Å². The van der Waals surface area contributed by atoms with Gasteiger partial charge in [-0.3, -0.25) is 15.4 Å². The number of hydrogen-bond donors (Lipinski definition) is 6. The molecular formula is C32H46N4O6. The van der Waals surface area contributed by atoms with Gasteiger partial charge in [0.2, 0.25) is 5.91 Å². The van der Waals surface area contributed by atoms with Crippen LogP contribution in [0.2, 0.25) is 0 Å².